The molecule has 0 heterocycles. The first-order valence-electron chi connectivity index (χ1n) is 5.44. The number of thioether (sulfide) groups is 1. The van der Waals surface area contributed by atoms with Crippen LogP contribution in [0.5, 0.6) is 0 Å². The minimum Gasteiger partial charge on any atom is -0.463 e. The zero-order valence-electron chi connectivity index (χ0n) is 10.9. The van der Waals surface area contributed by atoms with Crippen molar-refractivity contribution < 1.29 is 19.1 Å². The molecule has 0 aromatic heterocycles. The van der Waals surface area contributed by atoms with Gasteiger partial charge in [-0.2, -0.15) is 11.8 Å². The smallest absolute Gasteiger partial charge is 0.407 e. The van der Waals surface area contributed by atoms with Crippen molar-refractivity contribution in [3.63, 3.8) is 0 Å². The molecule has 17 heavy (non-hydrogen) atoms. The Balaban J connectivity index is 3.51. The van der Waals surface area contributed by atoms with E-state index in [-0.39, 0.29) is 19.1 Å². The van der Waals surface area contributed by atoms with E-state index < -0.39 is 11.5 Å². The molecule has 0 bridgehead atoms. The predicted molar refractivity (Wildman–Crippen MR) is 68.1 cm³/mol. The molecule has 0 saturated carbocycles. The van der Waals surface area contributed by atoms with Gasteiger partial charge in [0.25, 0.3) is 0 Å². The Morgan fingerprint density at radius 3 is 2.35 bits per heavy atom. The van der Waals surface area contributed by atoms with Crippen molar-refractivity contribution in [3.8, 4) is 0 Å². The molecule has 0 aliphatic rings. The van der Waals surface area contributed by atoms with Crippen LogP contribution in [0.1, 0.15) is 20.8 Å². The third-order valence-corrected chi connectivity index (χ3v) is 2.31. The number of hydrogen-bond donors (Lipinski definition) is 1. The van der Waals surface area contributed by atoms with Crippen LogP contribution >= 0.6 is 11.8 Å². The van der Waals surface area contributed by atoms with Gasteiger partial charge in [0, 0.05) is 5.75 Å². The van der Waals surface area contributed by atoms with Crippen LogP contribution in [0, 0.1) is 5.41 Å². The molecule has 0 saturated heterocycles. The Kier molecular flexibility index (Phi) is 7.78. The lowest BCUT2D eigenvalue weighted by atomic mass is 9.97. The van der Waals surface area contributed by atoms with E-state index in [0.717, 1.165) is 5.75 Å². The Hall–Kier alpha value is -0.910. The molecule has 0 aromatic rings. The lowest BCUT2D eigenvalue weighted by Crippen LogP contribution is -2.31. The number of hydrogen-bond acceptors (Lipinski definition) is 5. The van der Waals surface area contributed by atoms with Crippen molar-refractivity contribution in [2.75, 3.05) is 31.8 Å². The van der Waals surface area contributed by atoms with Gasteiger partial charge in [-0.1, -0.05) is 0 Å². The minimum absolute atomic E-state index is 0.160. The summed E-state index contributed by atoms with van der Waals surface area (Å²) in [6.45, 7) is 6.14. The molecule has 0 rings (SSSR count). The summed E-state index contributed by atoms with van der Waals surface area (Å²) < 4.78 is 9.81. The maximum Gasteiger partial charge on any atom is 0.407 e. The van der Waals surface area contributed by atoms with Crippen LogP contribution in [0.2, 0.25) is 0 Å². The molecule has 0 atom stereocenters. The average molecular weight is 263 g/mol. The molecule has 0 radical (unpaired) electrons. The van der Waals surface area contributed by atoms with Gasteiger partial charge in [0.2, 0.25) is 0 Å². The highest BCUT2D eigenvalue weighted by Crippen LogP contribution is 2.14. The second-order valence-electron chi connectivity index (χ2n) is 4.44. The molecule has 0 aliphatic heterocycles. The van der Waals surface area contributed by atoms with Crippen LogP contribution in [-0.2, 0) is 14.3 Å². The summed E-state index contributed by atoms with van der Waals surface area (Å²) in [7, 11) is 0. The molecule has 0 aliphatic carbocycles. The van der Waals surface area contributed by atoms with Crippen molar-refractivity contribution in [2.45, 2.75) is 20.8 Å². The summed E-state index contributed by atoms with van der Waals surface area (Å²) in [5, 5.41) is 2.50. The van der Waals surface area contributed by atoms with Crippen LogP contribution in [0.3, 0.4) is 0 Å². The highest BCUT2D eigenvalue weighted by Gasteiger charge is 2.22. The van der Waals surface area contributed by atoms with Crippen LogP contribution in [0.15, 0.2) is 0 Å². The monoisotopic (exact) mass is 263 g/mol. The minimum atomic E-state index is -0.515. The second-order valence-corrected chi connectivity index (χ2v) is 5.43. The highest BCUT2D eigenvalue weighted by molar-refractivity contribution is 7.98. The number of rotatable bonds is 6. The fraction of sp³-hybridized carbons (Fsp3) is 0.818. The molecule has 6 heteroatoms. The Morgan fingerprint density at radius 1 is 1.18 bits per heavy atom. The van der Waals surface area contributed by atoms with Crippen molar-refractivity contribution >= 4 is 23.8 Å². The van der Waals surface area contributed by atoms with Crippen molar-refractivity contribution in [3.05, 3.63) is 0 Å². The molecule has 0 spiro atoms. The van der Waals surface area contributed by atoms with Gasteiger partial charge >= 0.3 is 12.1 Å². The Bertz CT molecular complexity index is 250. The molecule has 1 amide bonds. The summed E-state index contributed by atoms with van der Waals surface area (Å²) in [6, 6.07) is 0. The van der Waals surface area contributed by atoms with E-state index in [1.165, 1.54) is 0 Å². The summed E-state index contributed by atoms with van der Waals surface area (Å²) in [4.78, 5) is 22.4. The second kappa shape index (κ2) is 8.22. The molecule has 100 valence electrons. The van der Waals surface area contributed by atoms with Gasteiger partial charge in [0.1, 0.15) is 13.2 Å². The fourth-order valence-electron chi connectivity index (χ4n) is 0.782. The summed E-state index contributed by atoms with van der Waals surface area (Å²) >= 11 is 1.60. The number of carbonyl (C=O) groups is 2. The van der Waals surface area contributed by atoms with Crippen LogP contribution in [-0.4, -0.2) is 43.8 Å². The average Bonchev–Trinajstić information content (AvgIpc) is 2.23. The first-order chi connectivity index (χ1) is 7.88. The van der Waals surface area contributed by atoms with E-state index in [9.17, 15) is 9.59 Å². The quantitative estimate of drug-likeness (QED) is 0.583. The van der Waals surface area contributed by atoms with Gasteiger partial charge in [-0.05, 0) is 27.0 Å². The first kappa shape index (κ1) is 16.1. The molecule has 5 nitrogen and oxygen atoms in total. The van der Waals surface area contributed by atoms with Gasteiger partial charge in [0.05, 0.1) is 12.0 Å². The van der Waals surface area contributed by atoms with E-state index in [0.29, 0.717) is 6.61 Å². The lowest BCUT2D eigenvalue weighted by molar-refractivity contribution is -0.152. The molecule has 0 fully saturated rings. The normalized spacial score (nSPS) is 10.8. The van der Waals surface area contributed by atoms with Gasteiger partial charge in [-0.15, -0.1) is 0 Å². The number of esters is 1. The third kappa shape index (κ3) is 8.85. The Morgan fingerprint density at radius 2 is 1.82 bits per heavy atom. The molecular weight excluding hydrogens is 242 g/mol. The van der Waals surface area contributed by atoms with Crippen molar-refractivity contribution in [1.82, 2.24) is 5.32 Å². The predicted octanol–water partition coefficient (Wildman–Crippen LogP) is 1.66. The van der Waals surface area contributed by atoms with Gasteiger partial charge in [-0.25, -0.2) is 4.79 Å². The van der Waals surface area contributed by atoms with Gasteiger partial charge in [0.15, 0.2) is 0 Å². The zero-order valence-corrected chi connectivity index (χ0v) is 11.7. The molecular formula is C11H21NO4S. The lowest BCUT2D eigenvalue weighted by Gasteiger charge is -2.16. The number of nitrogens with one attached hydrogen (secondary N) is 1. The highest BCUT2D eigenvalue weighted by atomic mass is 32.2. The molecule has 0 aromatic carbocycles. The van der Waals surface area contributed by atoms with Gasteiger partial charge in [-0.3, -0.25) is 4.79 Å². The van der Waals surface area contributed by atoms with E-state index in [2.05, 4.69) is 5.32 Å². The maximum atomic E-state index is 11.4. The standard InChI is InChI=1S/C11H21NO4S/c1-11(2,3)9(13)15-6-5-12-10(14)16-7-8-17-4/h5-8H2,1-4H3,(H,12,14). The number of ether oxygens (including phenoxy) is 2. The number of carbonyl (C=O) groups excluding carboxylic acids is 2. The van der Waals surface area contributed by atoms with E-state index in [1.54, 1.807) is 32.5 Å². The summed E-state index contributed by atoms with van der Waals surface area (Å²) in [5.41, 5.74) is -0.515. The number of alkyl carbamates (subject to hydrolysis) is 1. The van der Waals surface area contributed by atoms with Gasteiger partial charge < -0.3 is 14.8 Å². The fourth-order valence-corrected chi connectivity index (χ4v) is 1.03. The summed E-state index contributed by atoms with van der Waals surface area (Å²) in [5.74, 6) is 0.488. The largest absolute Gasteiger partial charge is 0.463 e. The van der Waals surface area contributed by atoms with Crippen LogP contribution < -0.4 is 5.32 Å². The van der Waals surface area contributed by atoms with Crippen molar-refractivity contribution in [2.24, 2.45) is 5.41 Å². The SMILES string of the molecule is CSCCOC(=O)NCCOC(=O)C(C)(C)C. The van der Waals surface area contributed by atoms with E-state index in [1.807, 2.05) is 6.26 Å². The van der Waals surface area contributed by atoms with Crippen LogP contribution in [0.4, 0.5) is 4.79 Å². The van der Waals surface area contributed by atoms with E-state index >= 15 is 0 Å². The molecule has 0 unspecified atom stereocenters. The number of amides is 1. The van der Waals surface area contributed by atoms with Crippen LogP contribution in [0.25, 0.3) is 0 Å². The Labute approximate surface area is 107 Å². The zero-order chi connectivity index (χ0) is 13.3. The molecule has 1 N–H and O–H groups in total. The summed E-state index contributed by atoms with van der Waals surface area (Å²) in [6.07, 6.45) is 1.46. The first-order valence-corrected chi connectivity index (χ1v) is 6.84. The third-order valence-electron chi connectivity index (χ3n) is 1.74. The topological polar surface area (TPSA) is 64.6 Å². The van der Waals surface area contributed by atoms with E-state index in [4.69, 9.17) is 9.47 Å². The maximum absolute atomic E-state index is 11.4. The van der Waals surface area contributed by atoms with Crippen molar-refractivity contribution in [1.29, 1.82) is 0 Å².